The third-order valence-corrected chi connectivity index (χ3v) is 6.62. The molecule has 0 saturated carbocycles. The minimum atomic E-state index is -0.732. The Morgan fingerprint density at radius 3 is 2.00 bits per heavy atom. The summed E-state index contributed by atoms with van der Waals surface area (Å²) >= 11 is 0. The predicted octanol–water partition coefficient (Wildman–Crippen LogP) is 4.77. The zero-order chi connectivity index (χ0) is 25.9. The largest absolute Gasteiger partial charge is 0.481 e. The maximum absolute atomic E-state index is 13.6. The van der Waals surface area contributed by atoms with Crippen LogP contribution in [0.15, 0.2) is 88.1 Å². The van der Waals surface area contributed by atoms with Crippen molar-refractivity contribution < 1.29 is 22.7 Å². The van der Waals surface area contributed by atoms with Crippen molar-refractivity contribution in [1.82, 2.24) is 9.80 Å². The van der Waals surface area contributed by atoms with Crippen LogP contribution in [0.3, 0.4) is 0 Å². The summed E-state index contributed by atoms with van der Waals surface area (Å²) in [6, 6.07) is 20.6. The Morgan fingerprint density at radius 2 is 1.41 bits per heavy atom. The summed E-state index contributed by atoms with van der Waals surface area (Å²) in [4.78, 5) is 28.6. The first-order valence-corrected chi connectivity index (χ1v) is 12.1. The van der Waals surface area contributed by atoms with Gasteiger partial charge in [-0.15, -0.1) is 0 Å². The summed E-state index contributed by atoms with van der Waals surface area (Å²) < 4.78 is 38.2. The van der Waals surface area contributed by atoms with Gasteiger partial charge < -0.3 is 14.1 Å². The quantitative estimate of drug-likeness (QED) is 0.354. The van der Waals surface area contributed by atoms with Crippen molar-refractivity contribution in [3.05, 3.63) is 112 Å². The van der Waals surface area contributed by atoms with Crippen LogP contribution >= 0.6 is 0 Å². The Balaban J connectivity index is 1.26. The Morgan fingerprint density at radius 1 is 0.838 bits per heavy atom. The Labute approximate surface area is 212 Å². The van der Waals surface area contributed by atoms with Gasteiger partial charge >= 0.3 is 5.63 Å². The van der Waals surface area contributed by atoms with Gasteiger partial charge in [0.05, 0.1) is 6.04 Å². The van der Waals surface area contributed by atoms with Gasteiger partial charge in [0.15, 0.2) is 6.10 Å². The number of carbonyl (C=O) groups is 1. The van der Waals surface area contributed by atoms with Crippen LogP contribution in [0.5, 0.6) is 5.75 Å². The summed E-state index contributed by atoms with van der Waals surface area (Å²) in [5.74, 6) is -0.345. The topological polar surface area (TPSA) is 63.0 Å². The standard InChI is InChI=1S/C29H26F2N2O4/c1-19(36-25-12-6-20-7-13-27(34)37-26(20)18-25)29(35)33-16-14-32(15-17-33)28(21-2-8-23(30)9-3-21)22-4-10-24(31)11-5-22/h2-13,18-19,28H,14-17H2,1H3/t19-/m1/s1. The van der Waals surface area contributed by atoms with E-state index in [1.807, 2.05) is 0 Å². The van der Waals surface area contributed by atoms with E-state index in [0.29, 0.717) is 37.5 Å². The van der Waals surface area contributed by atoms with E-state index in [9.17, 15) is 18.4 Å². The first-order chi connectivity index (χ1) is 17.9. The Hall–Kier alpha value is -4.04. The van der Waals surface area contributed by atoms with Crippen molar-refractivity contribution in [2.75, 3.05) is 26.2 Å². The minimum absolute atomic E-state index is 0.144. The fourth-order valence-corrected chi connectivity index (χ4v) is 4.73. The summed E-state index contributed by atoms with van der Waals surface area (Å²) in [5, 5.41) is 0.763. The number of nitrogens with zero attached hydrogens (tertiary/aromatic N) is 2. The van der Waals surface area contributed by atoms with E-state index in [4.69, 9.17) is 9.15 Å². The molecule has 37 heavy (non-hydrogen) atoms. The fraction of sp³-hybridized carbons (Fsp3) is 0.241. The van der Waals surface area contributed by atoms with Crippen LogP contribution in [0.4, 0.5) is 8.78 Å². The molecule has 190 valence electrons. The molecule has 1 atom stereocenters. The highest BCUT2D eigenvalue weighted by Gasteiger charge is 2.30. The first kappa shape index (κ1) is 24.6. The third-order valence-electron chi connectivity index (χ3n) is 6.62. The normalized spacial score (nSPS) is 15.2. The molecule has 5 rings (SSSR count). The van der Waals surface area contributed by atoms with Crippen LogP contribution in [0.25, 0.3) is 11.0 Å². The number of halogens is 2. The van der Waals surface area contributed by atoms with E-state index >= 15 is 0 Å². The number of carbonyl (C=O) groups excluding carboxylic acids is 1. The second kappa shape index (κ2) is 10.5. The second-order valence-electron chi connectivity index (χ2n) is 9.08. The zero-order valence-electron chi connectivity index (χ0n) is 20.3. The molecular weight excluding hydrogens is 478 g/mol. The smallest absolute Gasteiger partial charge is 0.336 e. The lowest BCUT2D eigenvalue weighted by molar-refractivity contribution is -0.140. The van der Waals surface area contributed by atoms with Crippen LogP contribution in [0.2, 0.25) is 0 Å². The highest BCUT2D eigenvalue weighted by molar-refractivity contribution is 5.81. The van der Waals surface area contributed by atoms with Crippen molar-refractivity contribution >= 4 is 16.9 Å². The number of benzene rings is 3. The van der Waals surface area contributed by atoms with Crippen LogP contribution in [-0.2, 0) is 4.79 Å². The van der Waals surface area contributed by atoms with Gasteiger partial charge in [0.25, 0.3) is 5.91 Å². The van der Waals surface area contributed by atoms with Gasteiger partial charge in [-0.25, -0.2) is 13.6 Å². The van der Waals surface area contributed by atoms with Gasteiger partial charge in [-0.3, -0.25) is 9.69 Å². The summed E-state index contributed by atoms with van der Waals surface area (Å²) in [5.41, 5.74) is 1.73. The molecule has 3 aromatic carbocycles. The predicted molar refractivity (Wildman–Crippen MR) is 135 cm³/mol. The first-order valence-electron chi connectivity index (χ1n) is 12.1. The second-order valence-corrected chi connectivity index (χ2v) is 9.08. The molecule has 1 saturated heterocycles. The van der Waals surface area contributed by atoms with E-state index in [0.717, 1.165) is 16.5 Å². The molecule has 0 radical (unpaired) electrons. The van der Waals surface area contributed by atoms with E-state index in [-0.39, 0.29) is 23.6 Å². The van der Waals surface area contributed by atoms with Gasteiger partial charge in [0, 0.05) is 43.7 Å². The molecule has 1 aliphatic heterocycles. The number of hydrogen-bond donors (Lipinski definition) is 0. The van der Waals surface area contributed by atoms with E-state index in [1.54, 1.807) is 60.4 Å². The van der Waals surface area contributed by atoms with Gasteiger partial charge in [-0.2, -0.15) is 0 Å². The number of hydrogen-bond acceptors (Lipinski definition) is 5. The molecule has 2 heterocycles. The SMILES string of the molecule is C[C@@H](Oc1ccc2ccc(=O)oc2c1)C(=O)N1CCN(C(c2ccc(F)cc2)c2ccc(F)cc2)CC1. The number of piperazine rings is 1. The monoisotopic (exact) mass is 504 g/mol. The number of amides is 1. The third kappa shape index (κ3) is 5.54. The molecule has 0 unspecified atom stereocenters. The van der Waals surface area contributed by atoms with E-state index in [1.165, 1.54) is 30.3 Å². The molecule has 1 aliphatic rings. The Kier molecular flexibility index (Phi) is 7.01. The summed E-state index contributed by atoms with van der Waals surface area (Å²) in [6.45, 7) is 3.83. The van der Waals surface area contributed by atoms with Gasteiger partial charge in [0.2, 0.25) is 0 Å². The average Bonchev–Trinajstić information content (AvgIpc) is 2.90. The van der Waals surface area contributed by atoms with Crippen LogP contribution < -0.4 is 10.4 Å². The van der Waals surface area contributed by atoms with Crippen molar-refractivity contribution in [2.45, 2.75) is 19.1 Å². The zero-order valence-corrected chi connectivity index (χ0v) is 20.3. The van der Waals surface area contributed by atoms with Crippen LogP contribution in [0, 0.1) is 11.6 Å². The van der Waals surface area contributed by atoms with Crippen molar-refractivity contribution in [3.8, 4) is 5.75 Å². The molecule has 0 bridgehead atoms. The van der Waals surface area contributed by atoms with E-state index < -0.39 is 11.7 Å². The highest BCUT2D eigenvalue weighted by Crippen LogP contribution is 2.30. The number of fused-ring (bicyclic) bond motifs is 1. The maximum atomic E-state index is 13.6. The van der Waals surface area contributed by atoms with Crippen molar-refractivity contribution in [3.63, 3.8) is 0 Å². The highest BCUT2D eigenvalue weighted by atomic mass is 19.1. The molecule has 6 nitrogen and oxygen atoms in total. The van der Waals surface area contributed by atoms with Crippen LogP contribution in [-0.4, -0.2) is 48.0 Å². The van der Waals surface area contributed by atoms with Gasteiger partial charge in [-0.05, 0) is 60.5 Å². The number of rotatable bonds is 6. The molecule has 0 aliphatic carbocycles. The van der Waals surface area contributed by atoms with Crippen molar-refractivity contribution in [2.24, 2.45) is 0 Å². The lowest BCUT2D eigenvalue weighted by Crippen LogP contribution is -2.52. The molecule has 4 aromatic rings. The number of ether oxygens (including phenoxy) is 1. The lowest BCUT2D eigenvalue weighted by Gasteiger charge is -2.40. The molecule has 8 heteroatoms. The lowest BCUT2D eigenvalue weighted by atomic mass is 9.96. The minimum Gasteiger partial charge on any atom is -0.481 e. The molecule has 1 fully saturated rings. The van der Waals surface area contributed by atoms with Gasteiger partial charge in [-0.1, -0.05) is 24.3 Å². The van der Waals surface area contributed by atoms with Crippen molar-refractivity contribution in [1.29, 1.82) is 0 Å². The molecular formula is C29H26F2N2O4. The van der Waals surface area contributed by atoms with Gasteiger partial charge in [0.1, 0.15) is 23.0 Å². The maximum Gasteiger partial charge on any atom is 0.336 e. The van der Waals surface area contributed by atoms with Crippen LogP contribution in [0.1, 0.15) is 24.1 Å². The Bertz CT molecular complexity index is 1400. The molecule has 1 amide bonds. The molecule has 1 aromatic heterocycles. The van der Waals surface area contributed by atoms with E-state index in [2.05, 4.69) is 4.90 Å². The fourth-order valence-electron chi connectivity index (χ4n) is 4.73. The summed E-state index contributed by atoms with van der Waals surface area (Å²) in [7, 11) is 0. The average molecular weight is 505 g/mol. The molecule has 0 N–H and O–H groups in total. The summed E-state index contributed by atoms with van der Waals surface area (Å²) in [6.07, 6.45) is -0.732. The molecule has 0 spiro atoms.